The molecule has 0 bridgehead atoms. The molecule has 3 rings (SSSR count). The van der Waals surface area contributed by atoms with E-state index in [9.17, 15) is 9.18 Å². The topological polar surface area (TPSA) is 30.0 Å². The van der Waals surface area contributed by atoms with Gasteiger partial charge in [0.2, 0.25) is 0 Å². The van der Waals surface area contributed by atoms with Crippen molar-refractivity contribution >= 4 is 17.1 Å². The van der Waals surface area contributed by atoms with Gasteiger partial charge in [-0.25, -0.2) is 9.37 Å². The maximum Gasteiger partial charge on any atom is 0.174 e. The normalized spacial score (nSPS) is 14.7. The number of aryl methyl sites for hydroxylation is 2. The lowest BCUT2D eigenvalue weighted by Gasteiger charge is -2.06. The lowest BCUT2D eigenvalue weighted by molar-refractivity contribution is 0.0976. The van der Waals surface area contributed by atoms with E-state index in [0.717, 1.165) is 34.0 Å². The van der Waals surface area contributed by atoms with Crippen molar-refractivity contribution in [1.29, 1.82) is 0 Å². The van der Waals surface area contributed by atoms with E-state index < -0.39 is 0 Å². The zero-order valence-corrected chi connectivity index (χ0v) is 10.8. The number of Topliss-reactive ketones (excluding diaryl/α,β-unsaturated/α-hetero) is 1. The van der Waals surface area contributed by atoms with Gasteiger partial charge in [-0.05, 0) is 43.5 Å². The van der Waals surface area contributed by atoms with Crippen LogP contribution in [0.4, 0.5) is 4.39 Å². The zero-order chi connectivity index (χ0) is 12.7. The molecule has 0 amide bonds. The van der Waals surface area contributed by atoms with Crippen LogP contribution in [0.5, 0.6) is 0 Å². The third-order valence-corrected chi connectivity index (χ3v) is 4.36. The van der Waals surface area contributed by atoms with E-state index in [1.807, 2.05) is 0 Å². The molecule has 0 aliphatic heterocycles. The summed E-state index contributed by atoms with van der Waals surface area (Å²) in [4.78, 5) is 17.1. The summed E-state index contributed by atoms with van der Waals surface area (Å²) >= 11 is 1.43. The number of hydrogen-bond acceptors (Lipinski definition) is 3. The van der Waals surface area contributed by atoms with Crippen LogP contribution in [0.1, 0.15) is 33.8 Å². The predicted molar refractivity (Wildman–Crippen MR) is 69.5 cm³/mol. The Labute approximate surface area is 108 Å². The second kappa shape index (κ2) is 4.28. The van der Waals surface area contributed by atoms with Gasteiger partial charge in [-0.1, -0.05) is 0 Å². The molecule has 18 heavy (non-hydrogen) atoms. The maximum absolute atomic E-state index is 13.2. The van der Waals surface area contributed by atoms with Gasteiger partial charge in [0.25, 0.3) is 0 Å². The Hall–Kier alpha value is -1.55. The highest BCUT2D eigenvalue weighted by molar-refractivity contribution is 7.17. The fourth-order valence-corrected chi connectivity index (χ4v) is 3.25. The molecule has 0 radical (unpaired) electrons. The van der Waals surface area contributed by atoms with Crippen LogP contribution in [0.3, 0.4) is 0 Å². The molecular formula is C14H12FNOS. The number of thiazole rings is 1. The lowest BCUT2D eigenvalue weighted by atomic mass is 10.0. The molecule has 0 saturated heterocycles. The van der Waals surface area contributed by atoms with Crippen LogP contribution in [-0.4, -0.2) is 10.8 Å². The molecule has 0 fully saturated rings. The number of ketones is 1. The summed E-state index contributed by atoms with van der Waals surface area (Å²) in [5.41, 5.74) is 2.40. The van der Waals surface area contributed by atoms with Crippen LogP contribution < -0.4 is 0 Å². The van der Waals surface area contributed by atoms with Crippen molar-refractivity contribution in [2.75, 3.05) is 0 Å². The van der Waals surface area contributed by atoms with Crippen LogP contribution >= 0.6 is 11.3 Å². The van der Waals surface area contributed by atoms with E-state index in [4.69, 9.17) is 0 Å². The third kappa shape index (κ3) is 1.86. The molecule has 0 N–H and O–H groups in total. The van der Waals surface area contributed by atoms with Crippen molar-refractivity contribution < 1.29 is 9.18 Å². The van der Waals surface area contributed by atoms with E-state index in [2.05, 4.69) is 4.98 Å². The van der Waals surface area contributed by atoms with Crippen molar-refractivity contribution in [1.82, 2.24) is 4.98 Å². The maximum atomic E-state index is 13.2. The van der Waals surface area contributed by atoms with Crippen molar-refractivity contribution in [3.05, 3.63) is 40.2 Å². The van der Waals surface area contributed by atoms with Crippen LogP contribution in [-0.2, 0) is 6.42 Å². The van der Waals surface area contributed by atoms with Gasteiger partial charge in [-0.3, -0.25) is 4.79 Å². The summed E-state index contributed by atoms with van der Waals surface area (Å²) in [7, 11) is 0. The van der Waals surface area contributed by atoms with E-state index in [1.165, 1.54) is 17.4 Å². The number of hydrogen-bond donors (Lipinski definition) is 0. The summed E-state index contributed by atoms with van der Waals surface area (Å²) in [6, 6.07) is 4.95. The number of carbonyl (C=O) groups is 1. The second-order valence-electron chi connectivity index (χ2n) is 4.54. The third-order valence-electron chi connectivity index (χ3n) is 3.17. The Balaban J connectivity index is 2.07. The van der Waals surface area contributed by atoms with Crippen molar-refractivity contribution in [3.8, 4) is 10.6 Å². The van der Waals surface area contributed by atoms with Crippen LogP contribution in [0, 0.1) is 12.7 Å². The highest BCUT2D eigenvalue weighted by atomic mass is 32.1. The van der Waals surface area contributed by atoms with Gasteiger partial charge >= 0.3 is 0 Å². The van der Waals surface area contributed by atoms with Crippen molar-refractivity contribution in [2.24, 2.45) is 0 Å². The molecule has 0 saturated carbocycles. The largest absolute Gasteiger partial charge is 0.293 e. The van der Waals surface area contributed by atoms with Gasteiger partial charge in [0.15, 0.2) is 5.78 Å². The van der Waals surface area contributed by atoms with E-state index in [0.29, 0.717) is 12.0 Å². The van der Waals surface area contributed by atoms with Gasteiger partial charge in [-0.15, -0.1) is 11.3 Å². The number of rotatable bonds is 1. The Morgan fingerprint density at radius 3 is 2.89 bits per heavy atom. The van der Waals surface area contributed by atoms with Crippen LogP contribution in [0.2, 0.25) is 0 Å². The highest BCUT2D eigenvalue weighted by Gasteiger charge is 2.22. The number of benzene rings is 1. The smallest absolute Gasteiger partial charge is 0.174 e. The van der Waals surface area contributed by atoms with E-state index in [1.54, 1.807) is 19.1 Å². The number of halogens is 1. The molecule has 92 valence electrons. The van der Waals surface area contributed by atoms with Crippen molar-refractivity contribution in [3.63, 3.8) is 0 Å². The van der Waals surface area contributed by atoms with Gasteiger partial charge in [-0.2, -0.15) is 0 Å². The average Bonchev–Trinajstić information content (AvgIpc) is 2.78. The van der Waals surface area contributed by atoms with Gasteiger partial charge in [0.1, 0.15) is 10.8 Å². The summed E-state index contributed by atoms with van der Waals surface area (Å²) in [6.45, 7) is 1.73. The minimum atomic E-state index is -0.212. The van der Waals surface area contributed by atoms with E-state index in [-0.39, 0.29) is 11.6 Å². The van der Waals surface area contributed by atoms with Gasteiger partial charge in [0, 0.05) is 12.0 Å². The first kappa shape index (κ1) is 11.5. The molecule has 2 nitrogen and oxygen atoms in total. The van der Waals surface area contributed by atoms with Gasteiger partial charge in [0.05, 0.1) is 10.6 Å². The standard InChI is InChI=1S/C14H12FNOS/c1-8-7-9(5-6-10(8)15)14-16-11-3-2-4-12(17)13(11)18-14/h5-7H,2-4H2,1H3. The minimum absolute atomic E-state index is 0.193. The molecule has 2 aromatic rings. The minimum Gasteiger partial charge on any atom is -0.293 e. The quantitative estimate of drug-likeness (QED) is 0.782. The molecule has 1 aromatic carbocycles. The summed E-state index contributed by atoms with van der Waals surface area (Å²) in [5, 5.41) is 0.818. The lowest BCUT2D eigenvalue weighted by Crippen LogP contribution is -2.07. The monoisotopic (exact) mass is 261 g/mol. The Kier molecular flexibility index (Phi) is 2.74. The first-order valence-corrected chi connectivity index (χ1v) is 6.76. The van der Waals surface area contributed by atoms with E-state index >= 15 is 0 Å². The van der Waals surface area contributed by atoms with Crippen LogP contribution in [0.25, 0.3) is 10.6 Å². The fraction of sp³-hybridized carbons (Fsp3) is 0.286. The van der Waals surface area contributed by atoms with Crippen LogP contribution in [0.15, 0.2) is 18.2 Å². The van der Waals surface area contributed by atoms with Crippen molar-refractivity contribution in [2.45, 2.75) is 26.2 Å². The fourth-order valence-electron chi connectivity index (χ4n) is 2.17. The second-order valence-corrected chi connectivity index (χ2v) is 5.53. The first-order valence-electron chi connectivity index (χ1n) is 5.94. The zero-order valence-electron chi connectivity index (χ0n) is 10.00. The Morgan fingerprint density at radius 2 is 2.17 bits per heavy atom. The van der Waals surface area contributed by atoms with Gasteiger partial charge < -0.3 is 0 Å². The number of fused-ring (bicyclic) bond motifs is 1. The molecule has 1 heterocycles. The molecular weight excluding hydrogens is 249 g/mol. The molecule has 1 aliphatic carbocycles. The Morgan fingerprint density at radius 1 is 1.33 bits per heavy atom. The highest BCUT2D eigenvalue weighted by Crippen LogP contribution is 2.33. The summed E-state index contributed by atoms with van der Waals surface area (Å²) in [5.74, 6) is -0.0185. The predicted octanol–water partition coefficient (Wildman–Crippen LogP) is 3.78. The SMILES string of the molecule is Cc1cc(-c2nc3c(s2)C(=O)CCC3)ccc1F. The molecule has 0 unspecified atom stereocenters. The number of nitrogens with zero attached hydrogens (tertiary/aromatic N) is 1. The summed E-state index contributed by atoms with van der Waals surface area (Å²) < 4.78 is 13.2. The Bertz CT molecular complexity index is 633. The molecule has 1 aromatic heterocycles. The molecule has 0 spiro atoms. The molecule has 0 atom stereocenters. The molecule has 4 heteroatoms. The average molecular weight is 261 g/mol. The number of aromatic nitrogens is 1. The first-order chi connectivity index (χ1) is 8.65. The number of carbonyl (C=O) groups excluding carboxylic acids is 1. The molecule has 1 aliphatic rings. The summed E-state index contributed by atoms with van der Waals surface area (Å²) in [6.07, 6.45) is 2.38.